The summed E-state index contributed by atoms with van der Waals surface area (Å²) in [5, 5.41) is 2.52. The second-order valence-corrected chi connectivity index (χ2v) is 9.03. The van der Waals surface area contributed by atoms with Gasteiger partial charge < -0.3 is 10.1 Å². The summed E-state index contributed by atoms with van der Waals surface area (Å²) in [6, 6.07) is 15.6. The topological polar surface area (TPSA) is 89.5 Å². The van der Waals surface area contributed by atoms with Crippen LogP contribution in [0.1, 0.15) is 31.2 Å². The molecule has 6 nitrogen and oxygen atoms in total. The predicted octanol–water partition coefficient (Wildman–Crippen LogP) is 3.08. The lowest BCUT2D eigenvalue weighted by molar-refractivity contribution is -0.153. The summed E-state index contributed by atoms with van der Waals surface area (Å²) in [5.41, 5.74) is 0.358. The molecular formula is C21H23NO5S. The van der Waals surface area contributed by atoms with Crippen molar-refractivity contribution in [1.82, 2.24) is 0 Å². The number of nitrogens with one attached hydrogen (secondary N) is 1. The van der Waals surface area contributed by atoms with E-state index in [2.05, 4.69) is 5.32 Å². The van der Waals surface area contributed by atoms with Crippen LogP contribution >= 0.6 is 0 Å². The minimum absolute atomic E-state index is 0.0197. The Morgan fingerprint density at radius 1 is 1.00 bits per heavy atom. The van der Waals surface area contributed by atoms with Crippen LogP contribution in [0.4, 0.5) is 5.69 Å². The zero-order valence-electron chi connectivity index (χ0n) is 15.7. The van der Waals surface area contributed by atoms with Gasteiger partial charge in [-0.15, -0.1) is 0 Å². The van der Waals surface area contributed by atoms with Crippen LogP contribution in [-0.2, 0) is 29.6 Å². The summed E-state index contributed by atoms with van der Waals surface area (Å²) in [6.45, 7) is -0.467. The molecule has 0 spiro atoms. The Kier molecular flexibility index (Phi) is 5.84. The van der Waals surface area contributed by atoms with E-state index in [1.165, 1.54) is 12.1 Å². The lowest BCUT2D eigenvalue weighted by Crippen LogP contribution is -2.36. The Morgan fingerprint density at radius 3 is 2.25 bits per heavy atom. The molecule has 0 aliphatic heterocycles. The van der Waals surface area contributed by atoms with Crippen molar-refractivity contribution < 1.29 is 22.7 Å². The highest BCUT2D eigenvalue weighted by Gasteiger charge is 2.44. The summed E-state index contributed by atoms with van der Waals surface area (Å²) in [6.07, 6.45) is 4.31. The van der Waals surface area contributed by atoms with Gasteiger partial charge >= 0.3 is 5.97 Å². The highest BCUT2D eigenvalue weighted by molar-refractivity contribution is 7.90. The zero-order chi connectivity index (χ0) is 20.2. The minimum Gasteiger partial charge on any atom is -0.455 e. The van der Waals surface area contributed by atoms with E-state index in [1.807, 2.05) is 30.3 Å². The number of sulfone groups is 1. The van der Waals surface area contributed by atoms with Crippen molar-refractivity contribution in [2.45, 2.75) is 36.0 Å². The molecular weight excluding hydrogens is 378 g/mol. The van der Waals surface area contributed by atoms with Crippen LogP contribution in [0.15, 0.2) is 59.5 Å². The van der Waals surface area contributed by atoms with Gasteiger partial charge in [-0.3, -0.25) is 9.59 Å². The van der Waals surface area contributed by atoms with Crippen molar-refractivity contribution in [3.05, 3.63) is 60.2 Å². The fourth-order valence-corrected chi connectivity index (χ4v) is 4.54. The molecule has 2 aromatic rings. The van der Waals surface area contributed by atoms with Gasteiger partial charge in [0.25, 0.3) is 5.91 Å². The summed E-state index contributed by atoms with van der Waals surface area (Å²) < 4.78 is 29.0. The third-order valence-corrected chi connectivity index (χ3v) is 6.22. The van der Waals surface area contributed by atoms with Crippen LogP contribution in [0.5, 0.6) is 0 Å². The van der Waals surface area contributed by atoms with E-state index in [4.69, 9.17) is 4.74 Å². The average molecular weight is 401 g/mol. The maximum atomic E-state index is 12.9. The Morgan fingerprint density at radius 2 is 1.61 bits per heavy atom. The number of amides is 1. The highest BCUT2D eigenvalue weighted by Crippen LogP contribution is 2.42. The number of ether oxygens (including phenoxy) is 1. The summed E-state index contributed by atoms with van der Waals surface area (Å²) in [5.74, 6) is -0.992. The van der Waals surface area contributed by atoms with E-state index in [9.17, 15) is 18.0 Å². The molecule has 7 heteroatoms. The zero-order valence-corrected chi connectivity index (χ0v) is 16.5. The third kappa shape index (κ3) is 4.25. The van der Waals surface area contributed by atoms with Crippen molar-refractivity contribution in [2.75, 3.05) is 18.2 Å². The molecule has 1 fully saturated rings. The van der Waals surface area contributed by atoms with Crippen molar-refractivity contribution in [3.63, 3.8) is 0 Å². The van der Waals surface area contributed by atoms with Gasteiger partial charge in [-0.1, -0.05) is 55.3 Å². The SMILES string of the molecule is CS(=O)(=O)c1ccccc1NC(=O)COC(=O)C1(c2ccccc2)CCCC1. The van der Waals surface area contributed by atoms with Gasteiger partial charge in [0.1, 0.15) is 0 Å². The van der Waals surface area contributed by atoms with Crippen LogP contribution in [0.3, 0.4) is 0 Å². The van der Waals surface area contributed by atoms with Gasteiger partial charge in [-0.05, 0) is 30.5 Å². The summed E-state index contributed by atoms with van der Waals surface area (Å²) in [4.78, 5) is 25.1. The van der Waals surface area contributed by atoms with Crippen LogP contribution in [0.25, 0.3) is 0 Å². The first-order valence-corrected chi connectivity index (χ1v) is 11.0. The molecule has 1 amide bonds. The molecule has 3 rings (SSSR count). The molecule has 1 aliphatic carbocycles. The monoisotopic (exact) mass is 401 g/mol. The molecule has 0 bridgehead atoms. The molecule has 0 unspecified atom stereocenters. The number of para-hydroxylation sites is 1. The third-order valence-electron chi connectivity index (χ3n) is 5.07. The van der Waals surface area contributed by atoms with Crippen LogP contribution < -0.4 is 5.32 Å². The second-order valence-electron chi connectivity index (χ2n) is 7.05. The van der Waals surface area contributed by atoms with Crippen molar-refractivity contribution in [1.29, 1.82) is 0 Å². The van der Waals surface area contributed by atoms with Gasteiger partial charge in [0, 0.05) is 6.26 Å². The van der Waals surface area contributed by atoms with Crippen LogP contribution in [0.2, 0.25) is 0 Å². The van der Waals surface area contributed by atoms with Gasteiger partial charge in [-0.25, -0.2) is 8.42 Å². The molecule has 0 aromatic heterocycles. The Labute approximate surface area is 164 Å². The van der Waals surface area contributed by atoms with E-state index < -0.39 is 33.7 Å². The van der Waals surface area contributed by atoms with Crippen molar-refractivity contribution in [3.8, 4) is 0 Å². The Hall–Kier alpha value is -2.67. The number of benzene rings is 2. The molecule has 2 aromatic carbocycles. The Bertz CT molecular complexity index is 963. The summed E-state index contributed by atoms with van der Waals surface area (Å²) in [7, 11) is -3.49. The maximum Gasteiger partial charge on any atom is 0.317 e. The fourth-order valence-electron chi connectivity index (χ4n) is 3.70. The molecule has 0 radical (unpaired) electrons. The first-order chi connectivity index (χ1) is 13.3. The lowest BCUT2D eigenvalue weighted by atomic mass is 9.79. The van der Waals surface area contributed by atoms with Crippen LogP contribution in [0, 0.1) is 0 Å². The van der Waals surface area contributed by atoms with Gasteiger partial charge in [0.15, 0.2) is 16.4 Å². The normalized spacial score (nSPS) is 15.8. The van der Waals surface area contributed by atoms with E-state index in [1.54, 1.807) is 12.1 Å². The average Bonchev–Trinajstić information content (AvgIpc) is 3.17. The van der Waals surface area contributed by atoms with E-state index in [0.717, 1.165) is 24.7 Å². The van der Waals surface area contributed by atoms with Crippen LogP contribution in [-0.4, -0.2) is 33.2 Å². The maximum absolute atomic E-state index is 12.9. The summed E-state index contributed by atoms with van der Waals surface area (Å²) >= 11 is 0. The van der Waals surface area contributed by atoms with Gasteiger partial charge in [0.2, 0.25) is 0 Å². The highest BCUT2D eigenvalue weighted by atomic mass is 32.2. The quantitative estimate of drug-likeness (QED) is 0.752. The molecule has 0 atom stereocenters. The number of carbonyl (C=O) groups excluding carboxylic acids is 2. The Balaban J connectivity index is 1.69. The number of rotatable bonds is 6. The number of anilines is 1. The van der Waals surface area contributed by atoms with Crippen molar-refractivity contribution in [2.24, 2.45) is 0 Å². The second kappa shape index (κ2) is 8.14. The van der Waals surface area contributed by atoms with Crippen molar-refractivity contribution >= 4 is 27.4 Å². The number of esters is 1. The molecule has 0 heterocycles. The van der Waals surface area contributed by atoms with E-state index in [-0.39, 0.29) is 10.6 Å². The lowest BCUT2D eigenvalue weighted by Gasteiger charge is -2.27. The van der Waals surface area contributed by atoms with E-state index in [0.29, 0.717) is 12.8 Å². The molecule has 28 heavy (non-hydrogen) atoms. The number of hydrogen-bond acceptors (Lipinski definition) is 5. The molecule has 1 saturated carbocycles. The number of carbonyl (C=O) groups is 2. The molecule has 148 valence electrons. The first-order valence-electron chi connectivity index (χ1n) is 9.15. The largest absolute Gasteiger partial charge is 0.455 e. The molecule has 0 saturated heterocycles. The van der Waals surface area contributed by atoms with E-state index >= 15 is 0 Å². The number of hydrogen-bond donors (Lipinski definition) is 1. The van der Waals surface area contributed by atoms with Gasteiger partial charge in [-0.2, -0.15) is 0 Å². The minimum atomic E-state index is -3.49. The first kappa shape index (κ1) is 20.1. The molecule has 1 aliphatic rings. The standard InChI is InChI=1S/C21H23NO5S/c1-28(25,26)18-12-6-5-11-17(18)22-19(23)15-27-20(24)21(13-7-8-14-21)16-9-3-2-4-10-16/h2-6,9-12H,7-8,13-15H2,1H3,(H,22,23). The van der Waals surface area contributed by atoms with Gasteiger partial charge in [0.05, 0.1) is 16.0 Å². The molecule has 1 N–H and O–H groups in total. The fraction of sp³-hybridized carbons (Fsp3) is 0.333. The smallest absolute Gasteiger partial charge is 0.317 e. The predicted molar refractivity (Wildman–Crippen MR) is 106 cm³/mol.